The molecule has 4 aliphatic heterocycles. The van der Waals surface area contributed by atoms with Crippen LogP contribution in [-0.2, 0) is 4.79 Å². The molecule has 22 heavy (non-hydrogen) atoms. The Hall–Kier alpha value is -1.88. The molecule has 116 valence electrons. The first-order valence-corrected chi connectivity index (χ1v) is 8.12. The van der Waals surface area contributed by atoms with Crippen molar-refractivity contribution in [2.24, 2.45) is 5.92 Å². The van der Waals surface area contributed by atoms with Crippen LogP contribution in [0, 0.1) is 11.7 Å². The summed E-state index contributed by atoms with van der Waals surface area (Å²) in [5, 5.41) is 1.77. The van der Waals surface area contributed by atoms with E-state index in [-0.39, 0.29) is 17.8 Å². The van der Waals surface area contributed by atoms with Crippen LogP contribution in [-0.4, -0.2) is 24.0 Å². The minimum Gasteiger partial charge on any atom is -0.302 e. The SMILES string of the molecule is CCC(=O)N1NC2=C(C1c1ccc(F)cc1)[NH+]1CCC2CC1. The van der Waals surface area contributed by atoms with E-state index in [2.05, 4.69) is 5.43 Å². The van der Waals surface area contributed by atoms with Crippen LogP contribution in [0.4, 0.5) is 4.39 Å². The molecular weight excluding hydrogens is 281 g/mol. The molecule has 5 heteroatoms. The van der Waals surface area contributed by atoms with Gasteiger partial charge in [-0.25, -0.2) is 9.40 Å². The van der Waals surface area contributed by atoms with Gasteiger partial charge in [-0.1, -0.05) is 19.1 Å². The van der Waals surface area contributed by atoms with Crippen LogP contribution >= 0.6 is 0 Å². The number of rotatable bonds is 2. The topological polar surface area (TPSA) is 36.8 Å². The molecule has 2 N–H and O–H groups in total. The Morgan fingerprint density at radius 1 is 1.32 bits per heavy atom. The lowest BCUT2D eigenvalue weighted by Crippen LogP contribution is -3.13. The molecule has 4 heterocycles. The van der Waals surface area contributed by atoms with Gasteiger partial charge in [-0.15, -0.1) is 0 Å². The number of nitrogens with zero attached hydrogens (tertiary/aromatic N) is 1. The number of carbonyl (C=O) groups is 1. The van der Waals surface area contributed by atoms with Crippen molar-refractivity contribution in [3.8, 4) is 0 Å². The minimum atomic E-state index is -0.241. The van der Waals surface area contributed by atoms with Crippen molar-refractivity contribution in [1.82, 2.24) is 10.4 Å². The van der Waals surface area contributed by atoms with Gasteiger partial charge in [-0.3, -0.25) is 10.2 Å². The van der Waals surface area contributed by atoms with Gasteiger partial charge < -0.3 is 4.90 Å². The molecule has 1 aromatic rings. The van der Waals surface area contributed by atoms with E-state index in [0.29, 0.717) is 12.3 Å². The Morgan fingerprint density at radius 2 is 2.00 bits per heavy atom. The zero-order chi connectivity index (χ0) is 15.3. The average Bonchev–Trinajstić information content (AvgIpc) is 2.98. The van der Waals surface area contributed by atoms with Crippen molar-refractivity contribution < 1.29 is 14.1 Å². The van der Waals surface area contributed by atoms with Crippen LogP contribution in [0.15, 0.2) is 35.7 Å². The second-order valence-electron chi connectivity index (χ2n) is 6.39. The van der Waals surface area contributed by atoms with Crippen LogP contribution in [0.5, 0.6) is 0 Å². The molecule has 4 aliphatic rings. The number of allylic oxidation sites excluding steroid dienone is 1. The summed E-state index contributed by atoms with van der Waals surface area (Å²) in [6.07, 6.45) is 2.84. The molecule has 1 fully saturated rings. The molecule has 1 atom stereocenters. The zero-order valence-electron chi connectivity index (χ0n) is 12.7. The number of hydrogen-bond acceptors (Lipinski definition) is 2. The Kier molecular flexibility index (Phi) is 3.18. The van der Waals surface area contributed by atoms with E-state index in [1.54, 1.807) is 17.1 Å². The summed E-state index contributed by atoms with van der Waals surface area (Å²) < 4.78 is 13.3. The monoisotopic (exact) mass is 302 g/mol. The molecule has 1 amide bonds. The standard InChI is InChI=1S/C17H20FN3O/c1-2-14(22)21-16(12-3-5-13(18)6-4-12)17-15(19-21)11-7-9-20(17)10-8-11/h3-6,11,16,19H,2,7-10H2,1H3/p+1. The van der Waals surface area contributed by atoms with E-state index in [1.807, 2.05) is 6.92 Å². The predicted molar refractivity (Wildman–Crippen MR) is 79.9 cm³/mol. The quantitative estimate of drug-likeness (QED) is 0.860. The third kappa shape index (κ3) is 1.96. The largest absolute Gasteiger partial charge is 0.302 e. The second-order valence-corrected chi connectivity index (χ2v) is 6.39. The zero-order valence-corrected chi connectivity index (χ0v) is 12.7. The molecule has 0 spiro atoms. The molecule has 4 nitrogen and oxygen atoms in total. The van der Waals surface area contributed by atoms with Crippen LogP contribution in [0.2, 0.25) is 0 Å². The molecule has 2 bridgehead atoms. The highest BCUT2D eigenvalue weighted by Gasteiger charge is 2.49. The van der Waals surface area contributed by atoms with Crippen molar-refractivity contribution in [2.75, 3.05) is 13.1 Å². The first-order valence-electron chi connectivity index (χ1n) is 8.12. The number of halogens is 1. The van der Waals surface area contributed by atoms with Gasteiger partial charge in [0.25, 0.3) is 0 Å². The number of hydrogen-bond donors (Lipinski definition) is 2. The van der Waals surface area contributed by atoms with Crippen LogP contribution in [0.1, 0.15) is 37.8 Å². The van der Waals surface area contributed by atoms with Gasteiger partial charge >= 0.3 is 0 Å². The second kappa shape index (κ2) is 5.09. The van der Waals surface area contributed by atoms with Crippen molar-refractivity contribution in [3.05, 3.63) is 47.0 Å². The summed E-state index contributed by atoms with van der Waals surface area (Å²) in [4.78, 5) is 13.9. The number of piperidine rings is 1. The summed E-state index contributed by atoms with van der Waals surface area (Å²) in [5.74, 6) is 0.393. The normalized spacial score (nSPS) is 29.5. The van der Waals surface area contributed by atoms with E-state index in [4.69, 9.17) is 0 Å². The first kappa shape index (κ1) is 13.8. The summed E-state index contributed by atoms with van der Waals surface area (Å²) in [5.41, 5.74) is 6.92. The molecule has 0 aliphatic carbocycles. The summed E-state index contributed by atoms with van der Waals surface area (Å²) in [6, 6.07) is 6.47. The Labute approximate surface area is 129 Å². The molecule has 0 radical (unpaired) electrons. The number of fused-ring (bicyclic) bond motifs is 2. The van der Waals surface area contributed by atoms with E-state index in [9.17, 15) is 9.18 Å². The Morgan fingerprint density at radius 3 is 2.64 bits per heavy atom. The first-order chi connectivity index (χ1) is 10.7. The predicted octanol–water partition coefficient (Wildman–Crippen LogP) is 1.14. The molecule has 5 rings (SSSR count). The van der Waals surface area contributed by atoms with Gasteiger partial charge in [-0.05, 0) is 17.7 Å². The maximum absolute atomic E-state index is 13.3. The lowest BCUT2D eigenvalue weighted by molar-refractivity contribution is -0.875. The highest BCUT2D eigenvalue weighted by atomic mass is 19.1. The van der Waals surface area contributed by atoms with Crippen LogP contribution < -0.4 is 10.3 Å². The highest BCUT2D eigenvalue weighted by Crippen LogP contribution is 2.39. The minimum absolute atomic E-state index is 0.0868. The number of quaternary nitrogens is 1. The Balaban J connectivity index is 1.79. The maximum atomic E-state index is 13.3. The smallest absolute Gasteiger partial charge is 0.241 e. The molecule has 0 aromatic heterocycles. The number of benzene rings is 1. The molecule has 1 unspecified atom stereocenters. The van der Waals surface area contributed by atoms with Crippen LogP contribution in [0.25, 0.3) is 0 Å². The number of amides is 1. The third-order valence-electron chi connectivity index (χ3n) is 5.20. The fraction of sp³-hybridized carbons (Fsp3) is 0.471. The molecular formula is C17H21FN3O+. The van der Waals surface area contributed by atoms with Crippen molar-refractivity contribution >= 4 is 5.91 Å². The van der Waals surface area contributed by atoms with E-state index in [1.165, 1.54) is 41.3 Å². The van der Waals surface area contributed by atoms with Gasteiger partial charge in [0.15, 0.2) is 11.7 Å². The lowest BCUT2D eigenvalue weighted by atomic mass is 9.85. The lowest BCUT2D eigenvalue weighted by Gasteiger charge is -2.36. The number of nitrogens with one attached hydrogen (secondary N) is 2. The van der Waals surface area contributed by atoms with E-state index < -0.39 is 0 Å². The molecule has 0 saturated carbocycles. The van der Waals surface area contributed by atoms with Gasteiger partial charge in [0.05, 0.1) is 18.8 Å². The average molecular weight is 302 g/mol. The van der Waals surface area contributed by atoms with Gasteiger partial charge in [-0.2, -0.15) is 0 Å². The van der Waals surface area contributed by atoms with Gasteiger partial charge in [0.2, 0.25) is 5.91 Å². The van der Waals surface area contributed by atoms with E-state index in [0.717, 1.165) is 18.7 Å². The Bertz CT molecular complexity index is 632. The highest BCUT2D eigenvalue weighted by molar-refractivity contribution is 5.77. The number of hydrazine groups is 1. The maximum Gasteiger partial charge on any atom is 0.241 e. The molecule has 1 aromatic carbocycles. The summed E-state index contributed by atoms with van der Waals surface area (Å²) >= 11 is 0. The van der Waals surface area contributed by atoms with Crippen molar-refractivity contribution in [3.63, 3.8) is 0 Å². The van der Waals surface area contributed by atoms with E-state index >= 15 is 0 Å². The van der Waals surface area contributed by atoms with Gasteiger partial charge in [0.1, 0.15) is 5.82 Å². The summed E-state index contributed by atoms with van der Waals surface area (Å²) in [7, 11) is 0. The fourth-order valence-corrected chi connectivity index (χ4v) is 4.09. The number of carbonyl (C=O) groups excluding carboxylic acids is 1. The summed E-state index contributed by atoms with van der Waals surface area (Å²) in [6.45, 7) is 4.15. The fourth-order valence-electron chi connectivity index (χ4n) is 4.09. The van der Waals surface area contributed by atoms with Gasteiger partial charge in [0, 0.05) is 25.2 Å². The van der Waals surface area contributed by atoms with Crippen molar-refractivity contribution in [2.45, 2.75) is 32.2 Å². The third-order valence-corrected chi connectivity index (χ3v) is 5.20. The van der Waals surface area contributed by atoms with Crippen molar-refractivity contribution in [1.29, 1.82) is 0 Å². The molecule has 1 saturated heterocycles. The van der Waals surface area contributed by atoms with Crippen LogP contribution in [0.3, 0.4) is 0 Å².